The number of phenols is 1. The minimum atomic E-state index is -0.514. The maximum atomic E-state index is 9.95. The maximum absolute atomic E-state index is 9.95. The van der Waals surface area contributed by atoms with Gasteiger partial charge in [-0.05, 0) is 61.3 Å². The molecular weight excluding hydrogens is 200 g/mol. The monoisotopic (exact) mass is 218 g/mol. The Morgan fingerprint density at radius 1 is 1.06 bits per heavy atom. The Morgan fingerprint density at radius 3 is 2.31 bits per heavy atom. The Hall–Kier alpha value is -1.02. The first-order valence-corrected chi connectivity index (χ1v) is 6.22. The highest BCUT2D eigenvalue weighted by Gasteiger charge is 2.40. The number of phenolic OH excluding ortho intramolecular Hbond substituents is 1. The van der Waals surface area contributed by atoms with Crippen LogP contribution in [-0.4, -0.2) is 15.8 Å². The predicted octanol–water partition coefficient (Wildman–Crippen LogP) is 2.34. The van der Waals surface area contributed by atoms with Gasteiger partial charge >= 0.3 is 0 Å². The Balaban J connectivity index is 1.92. The van der Waals surface area contributed by atoms with E-state index in [0.717, 1.165) is 31.2 Å². The molecule has 2 N–H and O–H groups in total. The van der Waals surface area contributed by atoms with Crippen molar-refractivity contribution in [3.05, 3.63) is 28.8 Å². The van der Waals surface area contributed by atoms with E-state index < -0.39 is 5.60 Å². The smallest absolute Gasteiger partial charge is 0.119 e. The number of hydrogen-bond acceptors (Lipinski definition) is 2. The molecule has 0 aromatic heterocycles. The lowest BCUT2D eigenvalue weighted by atomic mass is 9.89. The van der Waals surface area contributed by atoms with Crippen molar-refractivity contribution in [2.45, 2.75) is 50.5 Å². The largest absolute Gasteiger partial charge is 0.508 e. The van der Waals surface area contributed by atoms with Crippen LogP contribution in [0.1, 0.15) is 42.4 Å². The van der Waals surface area contributed by atoms with E-state index in [1.807, 2.05) is 6.07 Å². The quantitative estimate of drug-likeness (QED) is 0.800. The molecule has 0 saturated heterocycles. The van der Waals surface area contributed by atoms with Gasteiger partial charge in [0.1, 0.15) is 5.75 Å². The van der Waals surface area contributed by atoms with Gasteiger partial charge in [0.25, 0.3) is 0 Å². The minimum Gasteiger partial charge on any atom is -0.508 e. The zero-order valence-electron chi connectivity index (χ0n) is 9.50. The molecule has 1 fully saturated rings. The van der Waals surface area contributed by atoms with Gasteiger partial charge in [0.2, 0.25) is 0 Å². The SMILES string of the molecule is Oc1cc2c(cc1CC1(O)CC1)CCCC2. The molecule has 86 valence electrons. The summed E-state index contributed by atoms with van der Waals surface area (Å²) in [5.41, 5.74) is 3.10. The number of benzene rings is 1. The van der Waals surface area contributed by atoms with Crippen LogP contribution < -0.4 is 0 Å². The number of hydrogen-bond donors (Lipinski definition) is 2. The maximum Gasteiger partial charge on any atom is 0.119 e. The summed E-state index contributed by atoms with van der Waals surface area (Å²) in [6.45, 7) is 0. The van der Waals surface area contributed by atoms with Gasteiger partial charge in [-0.3, -0.25) is 0 Å². The molecule has 2 heteroatoms. The summed E-state index contributed by atoms with van der Waals surface area (Å²) in [4.78, 5) is 0. The highest BCUT2D eigenvalue weighted by molar-refractivity contribution is 5.44. The first kappa shape index (κ1) is 10.2. The predicted molar refractivity (Wildman–Crippen MR) is 62.6 cm³/mol. The van der Waals surface area contributed by atoms with Crippen LogP contribution in [0, 0.1) is 0 Å². The van der Waals surface area contributed by atoms with Crippen LogP contribution in [0.25, 0.3) is 0 Å². The van der Waals surface area contributed by atoms with Crippen LogP contribution in [0.4, 0.5) is 0 Å². The van der Waals surface area contributed by atoms with Crippen molar-refractivity contribution >= 4 is 0 Å². The molecule has 0 aliphatic heterocycles. The topological polar surface area (TPSA) is 40.5 Å². The summed E-state index contributed by atoms with van der Waals surface area (Å²) in [6, 6.07) is 4.02. The normalized spacial score (nSPS) is 21.6. The highest BCUT2D eigenvalue weighted by atomic mass is 16.3. The standard InChI is InChI=1S/C14H18O2/c15-13-8-11-4-2-1-3-10(11)7-12(13)9-14(16)5-6-14/h7-8,15-16H,1-6,9H2. The van der Waals surface area contributed by atoms with Crippen molar-refractivity contribution in [1.82, 2.24) is 0 Å². The van der Waals surface area contributed by atoms with Gasteiger partial charge in [-0.15, -0.1) is 0 Å². The molecule has 2 aliphatic carbocycles. The fourth-order valence-electron chi connectivity index (χ4n) is 2.64. The summed E-state index contributed by atoms with van der Waals surface area (Å²) in [6.07, 6.45) is 7.07. The minimum absolute atomic E-state index is 0.376. The third-order valence-corrected chi connectivity index (χ3v) is 3.89. The van der Waals surface area contributed by atoms with E-state index >= 15 is 0 Å². The molecule has 0 spiro atoms. The third-order valence-electron chi connectivity index (χ3n) is 3.89. The van der Waals surface area contributed by atoms with Crippen molar-refractivity contribution in [2.75, 3.05) is 0 Å². The number of aliphatic hydroxyl groups is 1. The van der Waals surface area contributed by atoms with E-state index in [2.05, 4.69) is 6.07 Å². The molecule has 0 amide bonds. The highest BCUT2D eigenvalue weighted by Crippen LogP contribution is 2.41. The lowest BCUT2D eigenvalue weighted by Gasteiger charge is -2.18. The van der Waals surface area contributed by atoms with E-state index in [9.17, 15) is 10.2 Å². The van der Waals surface area contributed by atoms with Gasteiger partial charge in [0.15, 0.2) is 0 Å². The van der Waals surface area contributed by atoms with Gasteiger partial charge in [-0.2, -0.15) is 0 Å². The second-order valence-electron chi connectivity index (χ2n) is 5.36. The number of aryl methyl sites for hydroxylation is 2. The van der Waals surface area contributed by atoms with E-state index in [-0.39, 0.29) is 0 Å². The van der Waals surface area contributed by atoms with Gasteiger partial charge in [0.05, 0.1) is 5.60 Å². The first-order valence-electron chi connectivity index (χ1n) is 6.22. The summed E-state index contributed by atoms with van der Waals surface area (Å²) < 4.78 is 0. The van der Waals surface area contributed by atoms with E-state index in [1.165, 1.54) is 24.0 Å². The molecule has 0 atom stereocenters. The molecule has 1 saturated carbocycles. The molecule has 16 heavy (non-hydrogen) atoms. The molecule has 1 aromatic carbocycles. The Morgan fingerprint density at radius 2 is 1.69 bits per heavy atom. The van der Waals surface area contributed by atoms with Gasteiger partial charge in [-0.25, -0.2) is 0 Å². The Bertz CT molecular complexity index is 419. The lowest BCUT2D eigenvalue weighted by molar-refractivity contribution is 0.150. The molecule has 2 nitrogen and oxygen atoms in total. The van der Waals surface area contributed by atoms with Gasteiger partial charge in [-0.1, -0.05) is 6.07 Å². The molecule has 3 rings (SSSR count). The summed E-state index contributed by atoms with van der Waals surface area (Å²) in [7, 11) is 0. The second kappa shape index (κ2) is 3.49. The number of rotatable bonds is 2. The van der Waals surface area contributed by atoms with Crippen LogP contribution in [0.5, 0.6) is 5.75 Å². The third kappa shape index (κ3) is 1.82. The summed E-state index contributed by atoms with van der Waals surface area (Å²) in [5, 5.41) is 19.8. The van der Waals surface area contributed by atoms with Crippen molar-refractivity contribution in [1.29, 1.82) is 0 Å². The van der Waals surface area contributed by atoms with Gasteiger partial charge in [0, 0.05) is 6.42 Å². The molecule has 0 heterocycles. The molecule has 0 radical (unpaired) electrons. The number of fused-ring (bicyclic) bond motifs is 1. The van der Waals surface area contributed by atoms with Gasteiger partial charge < -0.3 is 10.2 Å². The van der Waals surface area contributed by atoms with Crippen molar-refractivity contribution in [2.24, 2.45) is 0 Å². The fourth-order valence-corrected chi connectivity index (χ4v) is 2.64. The zero-order chi connectivity index (χ0) is 11.2. The van der Waals surface area contributed by atoms with E-state index in [1.54, 1.807) is 0 Å². The Kier molecular flexibility index (Phi) is 2.21. The second-order valence-corrected chi connectivity index (χ2v) is 5.36. The zero-order valence-corrected chi connectivity index (χ0v) is 9.50. The molecular formula is C14H18O2. The van der Waals surface area contributed by atoms with Crippen LogP contribution in [0.3, 0.4) is 0 Å². The van der Waals surface area contributed by atoms with Crippen molar-refractivity contribution in [3.8, 4) is 5.75 Å². The van der Waals surface area contributed by atoms with Crippen molar-refractivity contribution in [3.63, 3.8) is 0 Å². The van der Waals surface area contributed by atoms with Crippen LogP contribution in [0.15, 0.2) is 12.1 Å². The molecule has 1 aromatic rings. The van der Waals surface area contributed by atoms with E-state index in [0.29, 0.717) is 12.2 Å². The van der Waals surface area contributed by atoms with Crippen LogP contribution in [0.2, 0.25) is 0 Å². The Labute approximate surface area is 95.9 Å². The average Bonchev–Trinajstić information content (AvgIpc) is 2.97. The number of aromatic hydroxyl groups is 1. The van der Waals surface area contributed by atoms with E-state index in [4.69, 9.17) is 0 Å². The van der Waals surface area contributed by atoms with Crippen molar-refractivity contribution < 1.29 is 10.2 Å². The van der Waals surface area contributed by atoms with Crippen LogP contribution in [-0.2, 0) is 19.3 Å². The average molecular weight is 218 g/mol. The lowest BCUT2D eigenvalue weighted by Crippen LogP contribution is -2.12. The summed E-state index contributed by atoms with van der Waals surface area (Å²) >= 11 is 0. The summed E-state index contributed by atoms with van der Waals surface area (Å²) in [5.74, 6) is 0.376. The fraction of sp³-hybridized carbons (Fsp3) is 0.571. The van der Waals surface area contributed by atoms with Crippen LogP contribution >= 0.6 is 0 Å². The first-order chi connectivity index (χ1) is 7.66. The molecule has 0 bridgehead atoms. The molecule has 2 aliphatic rings. The molecule has 0 unspecified atom stereocenters.